The van der Waals surface area contributed by atoms with Crippen molar-refractivity contribution in [3.63, 3.8) is 0 Å². The molecule has 1 aromatic rings. The zero-order chi connectivity index (χ0) is 15.2. The molecule has 0 bridgehead atoms. The number of aromatic nitrogens is 1. The Morgan fingerprint density at radius 1 is 1.67 bits per heavy atom. The number of ether oxygens (including phenoxy) is 1. The van der Waals surface area contributed by atoms with E-state index < -0.39 is 12.1 Å². The lowest BCUT2D eigenvalue weighted by molar-refractivity contribution is 0.0158. The Morgan fingerprint density at radius 2 is 2.48 bits per heavy atom. The van der Waals surface area contributed by atoms with E-state index in [0.29, 0.717) is 31.1 Å². The van der Waals surface area contributed by atoms with Crippen LogP contribution in [0.25, 0.3) is 0 Å². The van der Waals surface area contributed by atoms with Crippen molar-refractivity contribution >= 4 is 23.3 Å². The molecular weight excluding hydrogens is 296 g/mol. The average Bonchev–Trinajstić information content (AvgIpc) is 2.96. The molecule has 1 fully saturated rings. The Kier molecular flexibility index (Phi) is 5.08. The van der Waals surface area contributed by atoms with Crippen molar-refractivity contribution in [2.75, 3.05) is 26.2 Å². The first-order valence-electron chi connectivity index (χ1n) is 6.32. The summed E-state index contributed by atoms with van der Waals surface area (Å²) in [6, 6.07) is 1.72. The van der Waals surface area contributed by atoms with Crippen molar-refractivity contribution in [3.8, 4) is 6.07 Å². The van der Waals surface area contributed by atoms with Crippen LogP contribution in [-0.4, -0.2) is 59.3 Å². The van der Waals surface area contributed by atoms with Crippen molar-refractivity contribution < 1.29 is 19.4 Å². The van der Waals surface area contributed by atoms with Crippen LogP contribution in [0.3, 0.4) is 0 Å². The molecule has 2 rings (SSSR count). The summed E-state index contributed by atoms with van der Waals surface area (Å²) >= 11 is 1.25. The Labute approximate surface area is 125 Å². The van der Waals surface area contributed by atoms with Crippen molar-refractivity contribution in [1.29, 1.82) is 5.26 Å². The fourth-order valence-electron chi connectivity index (χ4n) is 1.82. The molecular formula is C12H14N4O4S. The van der Waals surface area contributed by atoms with Crippen LogP contribution in [0, 0.1) is 11.3 Å². The molecule has 1 unspecified atom stereocenters. The first-order chi connectivity index (χ1) is 10.1. The molecule has 1 saturated heterocycles. The van der Waals surface area contributed by atoms with Gasteiger partial charge in [-0.05, 0) is 0 Å². The van der Waals surface area contributed by atoms with Gasteiger partial charge in [0.15, 0.2) is 11.8 Å². The second-order valence-corrected chi connectivity index (χ2v) is 5.29. The van der Waals surface area contributed by atoms with E-state index in [2.05, 4.69) is 10.3 Å². The van der Waals surface area contributed by atoms with E-state index >= 15 is 0 Å². The molecule has 9 heteroatoms. The molecule has 112 valence electrons. The molecule has 1 atom stereocenters. The van der Waals surface area contributed by atoms with Gasteiger partial charge in [-0.2, -0.15) is 5.26 Å². The molecule has 8 nitrogen and oxygen atoms in total. The number of nitrogens with zero attached hydrogens (tertiary/aromatic N) is 3. The first-order valence-corrected chi connectivity index (χ1v) is 7.20. The second kappa shape index (κ2) is 7.01. The SMILES string of the molecule is N#CC1CN(C(=O)NCCc2nc(C(=O)O)cs2)CCO1. The van der Waals surface area contributed by atoms with Crippen molar-refractivity contribution in [2.24, 2.45) is 0 Å². The van der Waals surface area contributed by atoms with Crippen LogP contribution >= 0.6 is 11.3 Å². The molecule has 0 aliphatic carbocycles. The normalized spacial score (nSPS) is 18.0. The van der Waals surface area contributed by atoms with Gasteiger partial charge in [-0.3, -0.25) is 0 Å². The van der Waals surface area contributed by atoms with Gasteiger partial charge in [-0.25, -0.2) is 14.6 Å². The van der Waals surface area contributed by atoms with E-state index in [4.69, 9.17) is 15.1 Å². The van der Waals surface area contributed by atoms with Gasteiger partial charge in [0, 0.05) is 24.9 Å². The number of nitriles is 1. The Hall–Kier alpha value is -2.18. The molecule has 21 heavy (non-hydrogen) atoms. The van der Waals surface area contributed by atoms with E-state index in [1.54, 1.807) is 0 Å². The van der Waals surface area contributed by atoms with Crippen LogP contribution in [0.2, 0.25) is 0 Å². The third-order valence-electron chi connectivity index (χ3n) is 2.88. The molecule has 2 amide bonds. The summed E-state index contributed by atoms with van der Waals surface area (Å²) < 4.78 is 5.16. The van der Waals surface area contributed by atoms with Gasteiger partial charge in [0.05, 0.1) is 24.2 Å². The molecule has 0 saturated carbocycles. The Bertz CT molecular complexity index is 568. The maximum Gasteiger partial charge on any atom is 0.355 e. The summed E-state index contributed by atoms with van der Waals surface area (Å²) in [5.74, 6) is -1.06. The van der Waals surface area contributed by atoms with Crippen LogP contribution in [0.4, 0.5) is 4.79 Å². The third kappa shape index (κ3) is 4.14. The number of rotatable bonds is 4. The number of hydrogen-bond donors (Lipinski definition) is 2. The fraction of sp³-hybridized carbons (Fsp3) is 0.500. The summed E-state index contributed by atoms with van der Waals surface area (Å²) in [4.78, 5) is 28.1. The number of hydrogen-bond acceptors (Lipinski definition) is 6. The molecule has 2 N–H and O–H groups in total. The summed E-state index contributed by atoms with van der Waals surface area (Å²) in [6.45, 7) is 1.41. The van der Waals surface area contributed by atoms with Gasteiger partial charge >= 0.3 is 12.0 Å². The van der Waals surface area contributed by atoms with Crippen LogP contribution in [0.5, 0.6) is 0 Å². The molecule has 0 aromatic carbocycles. The van der Waals surface area contributed by atoms with E-state index in [9.17, 15) is 9.59 Å². The topological polar surface area (TPSA) is 116 Å². The van der Waals surface area contributed by atoms with Crippen LogP contribution < -0.4 is 5.32 Å². The van der Waals surface area contributed by atoms with Crippen LogP contribution in [0.15, 0.2) is 5.38 Å². The Morgan fingerprint density at radius 3 is 3.14 bits per heavy atom. The molecule has 1 aliphatic heterocycles. The average molecular weight is 310 g/mol. The zero-order valence-electron chi connectivity index (χ0n) is 11.1. The van der Waals surface area contributed by atoms with Crippen molar-refractivity contribution in [2.45, 2.75) is 12.5 Å². The standard InChI is InChI=1S/C12H14N4O4S/c13-5-8-6-16(3-4-20-8)12(19)14-2-1-10-15-9(7-21-10)11(17)18/h7-8H,1-4,6H2,(H,14,19)(H,17,18). The number of thiazole rings is 1. The lowest BCUT2D eigenvalue weighted by Crippen LogP contribution is -2.49. The van der Waals surface area contributed by atoms with E-state index in [1.165, 1.54) is 21.6 Å². The summed E-state index contributed by atoms with van der Waals surface area (Å²) in [6.07, 6.45) is -0.114. The maximum atomic E-state index is 11.9. The summed E-state index contributed by atoms with van der Waals surface area (Å²) in [5.41, 5.74) is 0.0198. The van der Waals surface area contributed by atoms with E-state index in [1.807, 2.05) is 6.07 Å². The number of urea groups is 1. The number of morpholine rings is 1. The number of carbonyl (C=O) groups is 2. The minimum Gasteiger partial charge on any atom is -0.476 e. The van der Waals surface area contributed by atoms with Gasteiger partial charge < -0.3 is 20.1 Å². The van der Waals surface area contributed by atoms with Crippen LogP contribution in [-0.2, 0) is 11.2 Å². The van der Waals surface area contributed by atoms with Crippen molar-refractivity contribution in [3.05, 3.63) is 16.1 Å². The third-order valence-corrected chi connectivity index (χ3v) is 3.79. The lowest BCUT2D eigenvalue weighted by Gasteiger charge is -2.29. The molecule has 0 radical (unpaired) electrons. The monoisotopic (exact) mass is 310 g/mol. The number of carbonyl (C=O) groups excluding carboxylic acids is 1. The number of carboxylic acids is 1. The minimum atomic E-state index is -1.06. The number of aromatic carboxylic acids is 1. The molecule has 1 aliphatic rings. The quantitative estimate of drug-likeness (QED) is 0.827. The fourth-order valence-corrected chi connectivity index (χ4v) is 2.60. The maximum absolute atomic E-state index is 11.9. The smallest absolute Gasteiger partial charge is 0.355 e. The van der Waals surface area contributed by atoms with Gasteiger partial charge in [0.1, 0.15) is 0 Å². The highest BCUT2D eigenvalue weighted by Crippen LogP contribution is 2.10. The largest absolute Gasteiger partial charge is 0.476 e. The number of amides is 2. The van der Waals surface area contributed by atoms with Gasteiger partial charge in [0.25, 0.3) is 0 Å². The highest BCUT2D eigenvalue weighted by atomic mass is 32.1. The lowest BCUT2D eigenvalue weighted by atomic mass is 10.3. The predicted molar refractivity (Wildman–Crippen MR) is 73.1 cm³/mol. The highest BCUT2D eigenvalue weighted by Gasteiger charge is 2.23. The molecule has 1 aromatic heterocycles. The Balaban J connectivity index is 1.76. The highest BCUT2D eigenvalue weighted by molar-refractivity contribution is 7.09. The minimum absolute atomic E-state index is 0.0198. The summed E-state index contributed by atoms with van der Waals surface area (Å²) in [5, 5.41) is 22.4. The molecule has 2 heterocycles. The zero-order valence-corrected chi connectivity index (χ0v) is 11.9. The van der Waals surface area contributed by atoms with Gasteiger partial charge in [-0.1, -0.05) is 0 Å². The van der Waals surface area contributed by atoms with E-state index in [-0.39, 0.29) is 18.3 Å². The van der Waals surface area contributed by atoms with E-state index in [0.717, 1.165) is 0 Å². The number of carboxylic acid groups (broad SMARTS) is 1. The predicted octanol–water partition coefficient (Wildman–Crippen LogP) is 0.318. The van der Waals surface area contributed by atoms with Gasteiger partial charge in [-0.15, -0.1) is 11.3 Å². The van der Waals surface area contributed by atoms with Crippen molar-refractivity contribution in [1.82, 2.24) is 15.2 Å². The van der Waals surface area contributed by atoms with Gasteiger partial charge in [0.2, 0.25) is 0 Å². The van der Waals surface area contributed by atoms with Crippen LogP contribution in [0.1, 0.15) is 15.5 Å². The number of nitrogens with one attached hydrogen (secondary N) is 1. The first kappa shape index (κ1) is 15.2. The summed E-state index contributed by atoms with van der Waals surface area (Å²) in [7, 11) is 0. The second-order valence-electron chi connectivity index (χ2n) is 4.35. The molecule has 0 spiro atoms.